The zero-order valence-corrected chi connectivity index (χ0v) is 27.3. The predicted molar refractivity (Wildman–Crippen MR) is 171 cm³/mol. The van der Waals surface area contributed by atoms with Gasteiger partial charge in [-0.2, -0.15) is 4.98 Å². The van der Waals surface area contributed by atoms with Gasteiger partial charge in [-0.25, -0.2) is 22.9 Å². The van der Waals surface area contributed by atoms with Crippen LogP contribution in [0.2, 0.25) is 0 Å². The first-order valence-corrected chi connectivity index (χ1v) is 16.8. The van der Waals surface area contributed by atoms with E-state index >= 15 is 0 Å². The first-order valence-electron chi connectivity index (χ1n) is 15.3. The zero-order chi connectivity index (χ0) is 32.5. The van der Waals surface area contributed by atoms with Gasteiger partial charge in [-0.05, 0) is 82.2 Å². The number of benzene rings is 2. The third kappa shape index (κ3) is 7.38. The highest BCUT2D eigenvalue weighted by atomic mass is 32.2. The molecule has 1 saturated carbocycles. The van der Waals surface area contributed by atoms with E-state index in [1.54, 1.807) is 36.9 Å². The lowest BCUT2D eigenvalue weighted by Gasteiger charge is -2.46. The molecule has 0 saturated heterocycles. The molecule has 1 atom stereocenters. The van der Waals surface area contributed by atoms with Gasteiger partial charge in [-0.3, -0.25) is 4.79 Å². The van der Waals surface area contributed by atoms with Gasteiger partial charge in [0.15, 0.2) is 0 Å². The number of rotatable bonds is 6. The molecule has 240 valence electrons. The van der Waals surface area contributed by atoms with Crippen molar-refractivity contribution in [3.63, 3.8) is 0 Å². The number of alkyl carbamates (subject to hydrolysis) is 1. The number of carbonyl (C=O) groups excluding carboxylic acids is 2. The van der Waals surface area contributed by atoms with E-state index in [4.69, 9.17) is 9.47 Å². The number of amides is 2. The first kappa shape index (κ1) is 32.2. The van der Waals surface area contributed by atoms with E-state index in [0.29, 0.717) is 25.0 Å². The van der Waals surface area contributed by atoms with Crippen LogP contribution in [0.1, 0.15) is 68.4 Å². The quantitative estimate of drug-likeness (QED) is 0.363. The minimum Gasteiger partial charge on any atom is -0.475 e. The van der Waals surface area contributed by atoms with Crippen LogP contribution in [0.4, 0.5) is 10.7 Å². The van der Waals surface area contributed by atoms with Crippen LogP contribution in [-0.4, -0.2) is 66.1 Å². The number of carbonyl (C=O) groups is 2. The van der Waals surface area contributed by atoms with Crippen LogP contribution in [0, 0.1) is 19.8 Å². The highest BCUT2D eigenvalue weighted by Gasteiger charge is 2.41. The molecule has 12 heteroatoms. The summed E-state index contributed by atoms with van der Waals surface area (Å²) in [6, 6.07) is 12.9. The molecule has 4 bridgehead atoms. The summed E-state index contributed by atoms with van der Waals surface area (Å²) in [7, 11) is -4.16. The summed E-state index contributed by atoms with van der Waals surface area (Å²) < 4.78 is 41.2. The summed E-state index contributed by atoms with van der Waals surface area (Å²) in [5.41, 5.74) is 3.56. The van der Waals surface area contributed by atoms with Crippen LogP contribution >= 0.6 is 0 Å². The molecule has 0 unspecified atom stereocenters. The molecule has 2 aromatic carbocycles. The number of hydrogen-bond donors (Lipinski definition) is 2. The summed E-state index contributed by atoms with van der Waals surface area (Å²) >= 11 is 0. The topological polar surface area (TPSA) is 140 Å². The van der Waals surface area contributed by atoms with Crippen molar-refractivity contribution < 1.29 is 27.5 Å². The molecule has 5 rings (SSSR count). The van der Waals surface area contributed by atoms with Crippen LogP contribution in [0.25, 0.3) is 11.3 Å². The molecule has 2 N–H and O–H groups in total. The van der Waals surface area contributed by atoms with Crippen molar-refractivity contribution in [1.29, 1.82) is 0 Å². The fraction of sp³-hybridized carbons (Fsp3) is 0.455. The van der Waals surface area contributed by atoms with E-state index in [1.165, 1.54) is 12.1 Å². The molecule has 2 aliphatic rings. The number of aryl methyl sites for hydroxylation is 2. The van der Waals surface area contributed by atoms with Crippen molar-refractivity contribution in [3.8, 4) is 17.1 Å². The lowest BCUT2D eigenvalue weighted by Crippen LogP contribution is -2.59. The summed E-state index contributed by atoms with van der Waals surface area (Å²) in [4.78, 5) is 37.2. The van der Waals surface area contributed by atoms with Crippen molar-refractivity contribution in [3.05, 3.63) is 65.2 Å². The van der Waals surface area contributed by atoms with Crippen LogP contribution in [0.5, 0.6) is 5.88 Å². The van der Waals surface area contributed by atoms with Crippen LogP contribution in [0.15, 0.2) is 53.4 Å². The molecular formula is C33H41N5O6S. The first-order chi connectivity index (χ1) is 21.3. The Morgan fingerprint density at radius 2 is 1.76 bits per heavy atom. The Bertz CT molecular complexity index is 1670. The second kappa shape index (κ2) is 13.0. The number of hydrogen-bond acceptors (Lipinski definition) is 8. The lowest BCUT2D eigenvalue weighted by atomic mass is 9.83. The van der Waals surface area contributed by atoms with E-state index in [2.05, 4.69) is 33.9 Å². The third-order valence-electron chi connectivity index (χ3n) is 8.02. The average molecular weight is 636 g/mol. The molecular weight excluding hydrogens is 594 g/mol. The molecule has 1 aliphatic heterocycles. The zero-order valence-electron chi connectivity index (χ0n) is 26.5. The van der Waals surface area contributed by atoms with Gasteiger partial charge in [0, 0.05) is 29.3 Å². The molecule has 1 aliphatic carbocycles. The van der Waals surface area contributed by atoms with Gasteiger partial charge in [0.25, 0.3) is 15.9 Å². The Morgan fingerprint density at radius 1 is 1.07 bits per heavy atom. The minimum atomic E-state index is -4.16. The number of ether oxygens (including phenoxy) is 2. The highest BCUT2D eigenvalue weighted by Crippen LogP contribution is 2.33. The van der Waals surface area contributed by atoms with Gasteiger partial charge >= 0.3 is 6.09 Å². The molecule has 45 heavy (non-hydrogen) atoms. The maximum Gasteiger partial charge on any atom is 0.407 e. The molecule has 2 heterocycles. The van der Waals surface area contributed by atoms with Gasteiger partial charge in [0.2, 0.25) is 11.8 Å². The third-order valence-corrected chi connectivity index (χ3v) is 9.35. The number of nitrogens with zero attached hydrogens (tertiary/aromatic N) is 3. The van der Waals surface area contributed by atoms with Crippen molar-refractivity contribution in [1.82, 2.24) is 20.2 Å². The Hall–Kier alpha value is -4.19. The highest BCUT2D eigenvalue weighted by molar-refractivity contribution is 7.92. The summed E-state index contributed by atoms with van der Waals surface area (Å²) in [6.45, 7) is 11.8. The number of nitrogens with one attached hydrogen (secondary N) is 2. The van der Waals surface area contributed by atoms with E-state index < -0.39 is 16.1 Å². The van der Waals surface area contributed by atoms with Gasteiger partial charge < -0.3 is 19.7 Å². The molecule has 2 amide bonds. The fourth-order valence-electron chi connectivity index (χ4n) is 5.98. The number of aromatic nitrogens is 2. The molecule has 0 spiro atoms. The van der Waals surface area contributed by atoms with Crippen LogP contribution in [-0.2, 0) is 14.8 Å². The van der Waals surface area contributed by atoms with Crippen LogP contribution in [0.3, 0.4) is 0 Å². The monoisotopic (exact) mass is 635 g/mol. The van der Waals surface area contributed by atoms with Crippen molar-refractivity contribution in [2.45, 2.75) is 89.9 Å². The van der Waals surface area contributed by atoms with E-state index in [-0.39, 0.29) is 64.9 Å². The van der Waals surface area contributed by atoms with Gasteiger partial charge in [0.05, 0.1) is 22.7 Å². The molecule has 1 fully saturated rings. The largest absolute Gasteiger partial charge is 0.475 e. The number of fused-ring (bicyclic) bond motifs is 4. The minimum absolute atomic E-state index is 0.0823. The van der Waals surface area contributed by atoms with Gasteiger partial charge in [-0.15, -0.1) is 0 Å². The van der Waals surface area contributed by atoms with Crippen molar-refractivity contribution in [2.24, 2.45) is 5.92 Å². The summed E-state index contributed by atoms with van der Waals surface area (Å²) in [5.74, 6) is -0.0153. The molecule has 0 radical (unpaired) electrons. The second-order valence-electron chi connectivity index (χ2n) is 12.5. The maximum atomic E-state index is 14.2. The Labute approximate surface area is 264 Å². The molecule has 11 nitrogen and oxygen atoms in total. The van der Waals surface area contributed by atoms with E-state index in [9.17, 15) is 18.0 Å². The smallest absolute Gasteiger partial charge is 0.407 e. The summed E-state index contributed by atoms with van der Waals surface area (Å²) in [5, 5.41) is 2.88. The van der Waals surface area contributed by atoms with Crippen molar-refractivity contribution >= 4 is 28.0 Å². The second-order valence-corrected chi connectivity index (χ2v) is 14.2. The van der Waals surface area contributed by atoms with Gasteiger partial charge in [-0.1, -0.05) is 38.1 Å². The summed E-state index contributed by atoms with van der Waals surface area (Å²) in [6.07, 6.45) is 0.956. The van der Waals surface area contributed by atoms with Gasteiger partial charge in [0.1, 0.15) is 6.61 Å². The number of sulfonamides is 1. The lowest BCUT2D eigenvalue weighted by molar-refractivity contribution is 0.0203. The Kier molecular flexibility index (Phi) is 9.33. The maximum absolute atomic E-state index is 14.2. The Morgan fingerprint density at radius 3 is 2.42 bits per heavy atom. The molecule has 3 aromatic rings. The van der Waals surface area contributed by atoms with E-state index in [1.807, 2.05) is 32.0 Å². The normalized spacial score (nSPS) is 21.0. The number of anilines is 1. The SMILES string of the molecule is Cc1cccc(C)c1-c1cc2nc(n1)NS(=O)(=O)c1cccc(c1)C(=O)N([C@H]1C[C@@H](NC(=O)OC(C)C)C1)[C@H](CC(C)C)CO2. The standard InChI is InChI=1S/C33H41N5O6S/c1-19(2)13-26-18-43-29-17-28(30-21(5)9-7-10-22(30)6)35-32(36-29)37-45(41,42)27-12-8-11-23(14-27)31(39)38(26)25-15-24(16-25)34-33(40)44-20(3)4/h7-12,14,17,19-20,24-26H,13,15-16,18H2,1-6H3,(H,34,40)(H,35,36,37)/t24-,25+,26-/m1/s1. The molecule has 1 aromatic heterocycles. The van der Waals surface area contributed by atoms with E-state index in [0.717, 1.165) is 16.7 Å². The Balaban J connectivity index is 1.56. The average Bonchev–Trinajstić information content (AvgIpc) is 2.93. The van der Waals surface area contributed by atoms with Crippen LogP contribution < -0.4 is 14.8 Å². The van der Waals surface area contributed by atoms with Crippen molar-refractivity contribution in [2.75, 3.05) is 11.3 Å². The fourth-order valence-corrected chi connectivity index (χ4v) is 6.97. The predicted octanol–water partition coefficient (Wildman–Crippen LogP) is 5.48.